The molecule has 1 aromatic heterocycles. The van der Waals surface area contributed by atoms with Gasteiger partial charge < -0.3 is 19.1 Å². The van der Waals surface area contributed by atoms with Gasteiger partial charge in [0.15, 0.2) is 11.9 Å². The number of carbonyl (C=O) groups excluding carboxylic acids is 1. The highest BCUT2D eigenvalue weighted by Gasteiger charge is 2.21. The van der Waals surface area contributed by atoms with E-state index in [-0.39, 0.29) is 12.4 Å². The third-order valence-corrected chi connectivity index (χ3v) is 6.50. The number of carboxylic acid groups (broad SMARTS) is 1. The van der Waals surface area contributed by atoms with E-state index in [1.54, 1.807) is 7.11 Å². The van der Waals surface area contributed by atoms with Crippen molar-refractivity contribution < 1.29 is 24.2 Å². The fourth-order valence-electron chi connectivity index (χ4n) is 4.27. The number of ketones is 1. The number of carboxylic acids is 1. The van der Waals surface area contributed by atoms with Gasteiger partial charge in [-0.3, -0.25) is 4.79 Å². The number of aliphatic carboxylic acids is 1. The van der Waals surface area contributed by atoms with E-state index in [1.165, 1.54) is 6.92 Å². The number of hydrogen-bond acceptors (Lipinski definition) is 4. The van der Waals surface area contributed by atoms with Crippen LogP contribution in [0, 0.1) is 13.8 Å². The molecule has 0 fully saturated rings. The Bertz CT molecular complexity index is 1450. The van der Waals surface area contributed by atoms with Gasteiger partial charge in [0.2, 0.25) is 0 Å². The molecule has 0 amide bonds. The van der Waals surface area contributed by atoms with Crippen LogP contribution in [0.2, 0.25) is 0 Å². The first-order chi connectivity index (χ1) is 17.8. The predicted octanol–water partition coefficient (Wildman–Crippen LogP) is 6.20. The number of fused-ring (bicyclic) bond motifs is 1. The monoisotopic (exact) mass is 497 g/mol. The predicted molar refractivity (Wildman–Crippen MR) is 145 cm³/mol. The lowest BCUT2D eigenvalue weighted by Crippen LogP contribution is -2.19. The molecule has 4 aromatic rings. The quantitative estimate of drug-likeness (QED) is 0.264. The topological polar surface area (TPSA) is 77.8 Å². The number of hydrogen-bond donors (Lipinski definition) is 1. The average molecular weight is 498 g/mol. The van der Waals surface area contributed by atoms with Gasteiger partial charge >= 0.3 is 5.97 Å². The maximum Gasteiger partial charge on any atom is 0.332 e. The van der Waals surface area contributed by atoms with Crippen LogP contribution in [-0.2, 0) is 22.7 Å². The summed E-state index contributed by atoms with van der Waals surface area (Å²) < 4.78 is 12.9. The second kappa shape index (κ2) is 11.3. The molecule has 1 N–H and O–H groups in total. The minimum absolute atomic E-state index is 0.00601. The standard InChI is InChI=1S/C31H31NO5/c1-20-7-13-25(14-8-20)30(33)29-21(2)32(28-16-15-26(36-4)18-27(28)29)17-5-6-23-9-11-24(12-10-23)19-37-22(3)31(34)35/h5-16,18,22H,17,19H2,1-4H3,(H,34,35)/b6-5+/t22-/m1/s1. The van der Waals surface area contributed by atoms with E-state index in [4.69, 9.17) is 14.6 Å². The first-order valence-electron chi connectivity index (χ1n) is 12.2. The van der Waals surface area contributed by atoms with E-state index in [0.29, 0.717) is 23.4 Å². The molecule has 0 saturated carbocycles. The van der Waals surface area contributed by atoms with E-state index in [9.17, 15) is 9.59 Å². The SMILES string of the molecule is COc1ccc2c(c1)c(C(=O)c1ccc(C)cc1)c(C)n2C/C=C/c1ccc(CO[C@H](C)C(=O)O)cc1. The molecule has 0 aliphatic rings. The Hall–Kier alpha value is -4.16. The van der Waals surface area contributed by atoms with E-state index in [2.05, 4.69) is 10.6 Å². The van der Waals surface area contributed by atoms with Crippen LogP contribution in [0.3, 0.4) is 0 Å². The van der Waals surface area contributed by atoms with Gasteiger partial charge in [0.25, 0.3) is 0 Å². The van der Waals surface area contributed by atoms with E-state index in [0.717, 1.165) is 33.3 Å². The molecule has 1 heterocycles. The summed E-state index contributed by atoms with van der Waals surface area (Å²) in [6.45, 7) is 6.34. The number of carbonyl (C=O) groups is 2. The Labute approximate surface area is 216 Å². The number of methoxy groups -OCH3 is 1. The molecule has 0 aliphatic heterocycles. The van der Waals surface area contributed by atoms with Gasteiger partial charge in [0.05, 0.1) is 19.3 Å². The minimum Gasteiger partial charge on any atom is -0.497 e. The van der Waals surface area contributed by atoms with Crippen molar-refractivity contribution in [3.8, 4) is 5.75 Å². The van der Waals surface area contributed by atoms with Gasteiger partial charge in [-0.15, -0.1) is 0 Å². The molecule has 0 saturated heterocycles. The van der Waals surface area contributed by atoms with Crippen LogP contribution in [0.15, 0.2) is 72.8 Å². The van der Waals surface area contributed by atoms with Gasteiger partial charge in [0, 0.05) is 28.7 Å². The Morgan fingerprint density at radius 2 is 1.70 bits per heavy atom. The molecular weight excluding hydrogens is 466 g/mol. The molecule has 6 nitrogen and oxygen atoms in total. The van der Waals surface area contributed by atoms with E-state index in [1.807, 2.05) is 86.7 Å². The van der Waals surface area contributed by atoms with Crippen LogP contribution >= 0.6 is 0 Å². The number of aromatic nitrogens is 1. The molecule has 0 unspecified atom stereocenters. The van der Waals surface area contributed by atoms with Crippen molar-refractivity contribution >= 4 is 28.7 Å². The number of ether oxygens (including phenoxy) is 2. The largest absolute Gasteiger partial charge is 0.497 e. The Balaban J connectivity index is 1.58. The zero-order valence-electron chi connectivity index (χ0n) is 21.5. The Morgan fingerprint density at radius 3 is 2.35 bits per heavy atom. The summed E-state index contributed by atoms with van der Waals surface area (Å²) in [6.07, 6.45) is 3.25. The summed E-state index contributed by atoms with van der Waals surface area (Å²) in [4.78, 5) is 24.5. The maximum atomic E-state index is 13.6. The maximum absolute atomic E-state index is 13.6. The van der Waals surface area contributed by atoms with Crippen molar-refractivity contribution in [2.45, 2.75) is 40.0 Å². The molecule has 4 rings (SSSR count). The van der Waals surface area contributed by atoms with Crippen molar-refractivity contribution in [1.29, 1.82) is 0 Å². The van der Waals surface area contributed by atoms with Gasteiger partial charge in [-0.1, -0.05) is 66.2 Å². The number of benzene rings is 3. The third-order valence-electron chi connectivity index (χ3n) is 6.50. The number of rotatable bonds is 10. The van der Waals surface area contributed by atoms with Gasteiger partial charge in [-0.25, -0.2) is 4.79 Å². The van der Waals surface area contributed by atoms with Crippen molar-refractivity contribution in [3.05, 3.63) is 106 Å². The Kier molecular flexibility index (Phi) is 7.89. The lowest BCUT2D eigenvalue weighted by Gasteiger charge is -2.08. The van der Waals surface area contributed by atoms with Crippen molar-refractivity contribution in [2.24, 2.45) is 0 Å². The smallest absolute Gasteiger partial charge is 0.332 e. The molecule has 0 radical (unpaired) electrons. The highest BCUT2D eigenvalue weighted by Crippen LogP contribution is 2.31. The molecule has 0 aliphatic carbocycles. The first kappa shape index (κ1) is 25.9. The van der Waals surface area contributed by atoms with E-state index >= 15 is 0 Å². The zero-order valence-corrected chi connectivity index (χ0v) is 21.5. The van der Waals surface area contributed by atoms with Crippen LogP contribution in [0.1, 0.15) is 45.2 Å². The molecule has 1 atom stereocenters. The summed E-state index contributed by atoms with van der Waals surface area (Å²) >= 11 is 0. The molecular formula is C31H31NO5. The molecule has 190 valence electrons. The van der Waals surface area contributed by atoms with Crippen molar-refractivity contribution in [1.82, 2.24) is 4.57 Å². The highest BCUT2D eigenvalue weighted by atomic mass is 16.5. The second-order valence-electron chi connectivity index (χ2n) is 9.08. The number of nitrogens with zero attached hydrogens (tertiary/aromatic N) is 1. The molecule has 37 heavy (non-hydrogen) atoms. The molecule has 0 bridgehead atoms. The van der Waals surface area contributed by atoms with Gasteiger partial charge in [-0.05, 0) is 50.1 Å². The summed E-state index contributed by atoms with van der Waals surface area (Å²) in [5, 5.41) is 9.82. The van der Waals surface area contributed by atoms with Crippen LogP contribution in [0.4, 0.5) is 0 Å². The lowest BCUT2D eigenvalue weighted by atomic mass is 9.99. The second-order valence-corrected chi connectivity index (χ2v) is 9.08. The molecule has 3 aromatic carbocycles. The van der Waals surface area contributed by atoms with Crippen molar-refractivity contribution in [2.75, 3.05) is 7.11 Å². The molecule has 0 spiro atoms. The fourth-order valence-corrected chi connectivity index (χ4v) is 4.27. The minimum atomic E-state index is -0.977. The van der Waals surface area contributed by atoms with Crippen LogP contribution in [0.5, 0.6) is 5.75 Å². The number of allylic oxidation sites excluding steroid dienone is 1. The van der Waals surface area contributed by atoms with Crippen LogP contribution in [-0.4, -0.2) is 34.6 Å². The van der Waals surface area contributed by atoms with Crippen molar-refractivity contribution in [3.63, 3.8) is 0 Å². The van der Waals surface area contributed by atoms with E-state index < -0.39 is 12.1 Å². The highest BCUT2D eigenvalue weighted by molar-refractivity contribution is 6.17. The third kappa shape index (κ3) is 5.81. The summed E-state index contributed by atoms with van der Waals surface area (Å²) in [5.41, 5.74) is 6.25. The van der Waals surface area contributed by atoms with Crippen LogP contribution in [0.25, 0.3) is 17.0 Å². The number of aryl methyl sites for hydroxylation is 1. The average Bonchev–Trinajstić information content (AvgIpc) is 3.18. The summed E-state index contributed by atoms with van der Waals surface area (Å²) in [6, 6.07) is 21.3. The first-order valence-corrected chi connectivity index (χ1v) is 12.2. The lowest BCUT2D eigenvalue weighted by molar-refractivity contribution is -0.149. The van der Waals surface area contributed by atoms with Gasteiger partial charge in [-0.2, -0.15) is 0 Å². The summed E-state index contributed by atoms with van der Waals surface area (Å²) in [7, 11) is 1.62. The Morgan fingerprint density at radius 1 is 1.00 bits per heavy atom. The molecule has 6 heteroatoms. The zero-order chi connectivity index (χ0) is 26.5. The summed E-state index contributed by atoms with van der Waals surface area (Å²) in [5.74, 6) is -0.275. The normalized spacial score (nSPS) is 12.2. The fraction of sp³-hybridized carbons (Fsp3) is 0.226. The van der Waals surface area contributed by atoms with Crippen LogP contribution < -0.4 is 4.74 Å². The van der Waals surface area contributed by atoms with Gasteiger partial charge in [0.1, 0.15) is 5.75 Å².